The van der Waals surface area contributed by atoms with Crippen molar-refractivity contribution in [3.8, 4) is 0 Å². The highest BCUT2D eigenvalue weighted by molar-refractivity contribution is 5.98. The van der Waals surface area contributed by atoms with E-state index < -0.39 is 0 Å². The minimum Gasteiger partial charge on any atom is -0.339 e. The molecule has 4 heteroatoms. The number of anilines is 1. The largest absolute Gasteiger partial charge is 0.339 e. The highest BCUT2D eigenvalue weighted by Crippen LogP contribution is 2.30. The Bertz CT molecular complexity index is 574. The fraction of sp³-hybridized carbons (Fsp3) is 0.556. The Labute approximate surface area is 132 Å². The van der Waals surface area contributed by atoms with E-state index in [1.165, 1.54) is 12.8 Å². The zero-order valence-electron chi connectivity index (χ0n) is 13.3. The van der Waals surface area contributed by atoms with Crippen LogP contribution in [0.1, 0.15) is 54.9 Å². The van der Waals surface area contributed by atoms with Crippen molar-refractivity contribution in [1.29, 1.82) is 0 Å². The number of hydrogen-bond donors (Lipinski definition) is 0. The van der Waals surface area contributed by atoms with Crippen LogP contribution >= 0.6 is 0 Å². The lowest BCUT2D eigenvalue weighted by Gasteiger charge is -2.21. The Kier molecular flexibility index (Phi) is 4.46. The summed E-state index contributed by atoms with van der Waals surface area (Å²) in [6.45, 7) is 4.37. The Hall–Kier alpha value is -1.84. The van der Waals surface area contributed by atoms with E-state index in [9.17, 15) is 9.59 Å². The molecule has 2 heterocycles. The number of likely N-dealkylation sites (tertiary alicyclic amines) is 1. The molecule has 3 rings (SSSR count). The van der Waals surface area contributed by atoms with E-state index in [0.29, 0.717) is 6.42 Å². The summed E-state index contributed by atoms with van der Waals surface area (Å²) in [6.07, 6.45) is 6.03. The van der Waals surface area contributed by atoms with E-state index in [1.807, 2.05) is 34.9 Å². The number of nitrogens with zero attached hydrogens (tertiary/aromatic N) is 2. The maximum Gasteiger partial charge on any atom is 0.253 e. The lowest BCUT2D eigenvalue weighted by atomic mass is 10.1. The van der Waals surface area contributed by atoms with Crippen molar-refractivity contribution < 1.29 is 9.59 Å². The number of rotatable bonds is 2. The molecule has 0 atom stereocenters. The number of hydrogen-bond acceptors (Lipinski definition) is 2. The first-order valence-corrected chi connectivity index (χ1v) is 8.43. The van der Waals surface area contributed by atoms with Crippen LogP contribution in [0.25, 0.3) is 0 Å². The van der Waals surface area contributed by atoms with Crippen LogP contribution in [0.3, 0.4) is 0 Å². The lowest BCUT2D eigenvalue weighted by Crippen LogP contribution is -2.32. The van der Waals surface area contributed by atoms with Gasteiger partial charge in [-0.2, -0.15) is 0 Å². The summed E-state index contributed by atoms with van der Waals surface area (Å²) in [5, 5.41) is 0. The molecule has 0 aliphatic carbocycles. The van der Waals surface area contributed by atoms with Gasteiger partial charge < -0.3 is 9.80 Å². The molecule has 1 aromatic carbocycles. The molecule has 0 spiro atoms. The number of fused-ring (bicyclic) bond motifs is 1. The van der Waals surface area contributed by atoms with Gasteiger partial charge in [0.25, 0.3) is 5.91 Å². The molecular formula is C18H24N2O2. The molecule has 118 valence electrons. The molecule has 0 unspecified atom stereocenters. The molecule has 0 aromatic heterocycles. The molecule has 0 saturated carbocycles. The van der Waals surface area contributed by atoms with Crippen molar-refractivity contribution >= 4 is 17.5 Å². The molecule has 2 aliphatic rings. The van der Waals surface area contributed by atoms with Crippen LogP contribution in [0, 0.1) is 0 Å². The Balaban J connectivity index is 1.79. The van der Waals surface area contributed by atoms with Crippen molar-refractivity contribution in [3.63, 3.8) is 0 Å². The molecule has 2 aliphatic heterocycles. The normalized spacial score (nSPS) is 18.0. The monoisotopic (exact) mass is 300 g/mol. The van der Waals surface area contributed by atoms with E-state index >= 15 is 0 Å². The maximum absolute atomic E-state index is 12.7. The summed E-state index contributed by atoms with van der Waals surface area (Å²) in [4.78, 5) is 28.4. The van der Waals surface area contributed by atoms with Gasteiger partial charge in [-0.25, -0.2) is 0 Å². The van der Waals surface area contributed by atoms with Gasteiger partial charge in [-0.1, -0.05) is 19.8 Å². The molecule has 0 radical (unpaired) electrons. The molecule has 1 fully saturated rings. The fourth-order valence-corrected chi connectivity index (χ4v) is 3.44. The van der Waals surface area contributed by atoms with Gasteiger partial charge in [0.1, 0.15) is 0 Å². The summed E-state index contributed by atoms with van der Waals surface area (Å²) in [6, 6.07) is 5.82. The highest BCUT2D eigenvalue weighted by atomic mass is 16.2. The summed E-state index contributed by atoms with van der Waals surface area (Å²) in [5.41, 5.74) is 2.88. The fourth-order valence-electron chi connectivity index (χ4n) is 3.44. The molecule has 22 heavy (non-hydrogen) atoms. The predicted octanol–water partition coefficient (Wildman–Crippen LogP) is 3.00. The van der Waals surface area contributed by atoms with Gasteiger partial charge in [0.2, 0.25) is 5.91 Å². The SMILES string of the molecule is CCC(=O)N1CCc2cc(C(=O)N3CCCCCC3)ccc21. The summed E-state index contributed by atoms with van der Waals surface area (Å²) in [7, 11) is 0. The van der Waals surface area contributed by atoms with E-state index in [1.54, 1.807) is 0 Å². The average Bonchev–Trinajstić information content (AvgIpc) is 2.78. The minimum atomic E-state index is 0.143. The Morgan fingerprint density at radius 3 is 2.45 bits per heavy atom. The van der Waals surface area contributed by atoms with Gasteiger partial charge in [-0.05, 0) is 43.0 Å². The van der Waals surface area contributed by atoms with Crippen molar-refractivity contribution in [2.45, 2.75) is 45.4 Å². The van der Waals surface area contributed by atoms with Crippen molar-refractivity contribution in [2.24, 2.45) is 0 Å². The zero-order valence-corrected chi connectivity index (χ0v) is 13.3. The van der Waals surface area contributed by atoms with Crippen LogP contribution in [0.4, 0.5) is 5.69 Å². The molecule has 2 amide bonds. The Morgan fingerprint density at radius 2 is 1.77 bits per heavy atom. The first-order chi connectivity index (χ1) is 10.7. The number of carbonyl (C=O) groups excluding carboxylic acids is 2. The van der Waals surface area contributed by atoms with Crippen LogP contribution < -0.4 is 4.90 Å². The van der Waals surface area contributed by atoms with Crippen LogP contribution in [-0.4, -0.2) is 36.3 Å². The van der Waals surface area contributed by atoms with Gasteiger partial charge in [0, 0.05) is 37.3 Å². The van der Waals surface area contributed by atoms with E-state index in [4.69, 9.17) is 0 Å². The second kappa shape index (κ2) is 6.51. The Morgan fingerprint density at radius 1 is 1.05 bits per heavy atom. The van der Waals surface area contributed by atoms with Crippen LogP contribution in [0.15, 0.2) is 18.2 Å². The first-order valence-electron chi connectivity index (χ1n) is 8.43. The van der Waals surface area contributed by atoms with Crippen LogP contribution in [0.2, 0.25) is 0 Å². The van der Waals surface area contributed by atoms with Crippen LogP contribution in [0.5, 0.6) is 0 Å². The minimum absolute atomic E-state index is 0.143. The molecule has 1 saturated heterocycles. The second-order valence-electron chi connectivity index (χ2n) is 6.20. The third kappa shape index (κ3) is 2.87. The molecule has 1 aromatic rings. The number of amides is 2. The van der Waals surface area contributed by atoms with Crippen molar-refractivity contribution in [3.05, 3.63) is 29.3 Å². The summed E-state index contributed by atoms with van der Waals surface area (Å²) >= 11 is 0. The summed E-state index contributed by atoms with van der Waals surface area (Å²) < 4.78 is 0. The second-order valence-corrected chi connectivity index (χ2v) is 6.20. The number of benzene rings is 1. The predicted molar refractivity (Wildman–Crippen MR) is 87.2 cm³/mol. The highest BCUT2D eigenvalue weighted by Gasteiger charge is 2.25. The smallest absolute Gasteiger partial charge is 0.253 e. The third-order valence-corrected chi connectivity index (χ3v) is 4.72. The quantitative estimate of drug-likeness (QED) is 0.842. The summed E-state index contributed by atoms with van der Waals surface area (Å²) in [5.74, 6) is 0.301. The average molecular weight is 300 g/mol. The van der Waals surface area contributed by atoms with Gasteiger partial charge in [0.15, 0.2) is 0 Å². The van der Waals surface area contributed by atoms with Gasteiger partial charge in [-0.15, -0.1) is 0 Å². The zero-order chi connectivity index (χ0) is 15.5. The van der Waals surface area contributed by atoms with E-state index in [2.05, 4.69) is 0 Å². The molecular weight excluding hydrogens is 276 g/mol. The topological polar surface area (TPSA) is 40.6 Å². The molecule has 0 N–H and O–H groups in total. The van der Waals surface area contributed by atoms with Crippen molar-refractivity contribution in [2.75, 3.05) is 24.5 Å². The third-order valence-electron chi connectivity index (χ3n) is 4.72. The van der Waals surface area contributed by atoms with Crippen molar-refractivity contribution in [1.82, 2.24) is 4.90 Å². The first kappa shape index (κ1) is 15.1. The standard InChI is InChI=1S/C18H24N2O2/c1-2-17(21)20-12-9-14-13-15(7-8-16(14)20)18(22)19-10-5-3-4-6-11-19/h7-8,13H,2-6,9-12H2,1H3. The van der Waals surface area contributed by atoms with Gasteiger partial charge in [0.05, 0.1) is 0 Å². The molecule has 4 nitrogen and oxygen atoms in total. The molecule has 0 bridgehead atoms. The van der Waals surface area contributed by atoms with Crippen LogP contribution in [-0.2, 0) is 11.2 Å². The number of carbonyl (C=O) groups is 2. The lowest BCUT2D eigenvalue weighted by molar-refractivity contribution is -0.118. The van der Waals surface area contributed by atoms with Gasteiger partial charge >= 0.3 is 0 Å². The van der Waals surface area contributed by atoms with Gasteiger partial charge in [-0.3, -0.25) is 9.59 Å². The van der Waals surface area contributed by atoms with E-state index in [0.717, 1.165) is 55.7 Å². The van der Waals surface area contributed by atoms with E-state index in [-0.39, 0.29) is 11.8 Å². The maximum atomic E-state index is 12.7.